The van der Waals surface area contributed by atoms with Crippen LogP contribution in [0.1, 0.15) is 10.4 Å². The van der Waals surface area contributed by atoms with Crippen LogP contribution in [0, 0.1) is 5.82 Å². The lowest BCUT2D eigenvalue weighted by Gasteiger charge is -2.12. The number of benzene rings is 4. The molecule has 1 N–H and O–H groups in total. The first-order valence-electron chi connectivity index (χ1n) is 10.6. The zero-order valence-corrected chi connectivity index (χ0v) is 18.8. The van der Waals surface area contributed by atoms with E-state index in [1.54, 1.807) is 48.3 Å². The minimum Gasteiger partial charge on any atom is -0.436 e. The van der Waals surface area contributed by atoms with Crippen molar-refractivity contribution < 1.29 is 13.6 Å². The van der Waals surface area contributed by atoms with Gasteiger partial charge in [0.15, 0.2) is 5.76 Å². The maximum Gasteiger partial charge on any atom is 0.256 e. The number of nitrogens with zero attached hydrogens (tertiary/aromatic N) is 1. The highest BCUT2D eigenvalue weighted by Gasteiger charge is 2.18. The first-order chi connectivity index (χ1) is 16.7. The van der Waals surface area contributed by atoms with Gasteiger partial charge in [-0.25, -0.2) is 9.37 Å². The van der Waals surface area contributed by atoms with E-state index in [0.29, 0.717) is 28.3 Å². The van der Waals surface area contributed by atoms with Crippen molar-refractivity contribution in [2.24, 2.45) is 0 Å². The average molecular weight is 467 g/mol. The van der Waals surface area contributed by atoms with E-state index < -0.39 is 0 Å². The molecule has 0 aliphatic heterocycles. The number of amides is 1. The first-order valence-corrected chi connectivity index (χ1v) is 11.4. The summed E-state index contributed by atoms with van der Waals surface area (Å²) in [6.07, 6.45) is 1.57. The minimum absolute atomic E-state index is 0.266. The van der Waals surface area contributed by atoms with Crippen LogP contribution in [0.2, 0.25) is 0 Å². The summed E-state index contributed by atoms with van der Waals surface area (Å²) in [5.41, 5.74) is 2.43. The standard InChI is InChI=1S/C28H19FN2O2S/c29-20-16-14-19(15-17-20)25-18-30-28(33-25)23-11-5-4-10-22(23)27(32)31-24-12-6-7-13-26(24)34-21-8-2-1-3-9-21/h1-18H,(H,31,32). The number of hydrogen-bond acceptors (Lipinski definition) is 4. The van der Waals surface area contributed by atoms with Crippen molar-refractivity contribution in [3.63, 3.8) is 0 Å². The van der Waals surface area contributed by atoms with Crippen molar-refractivity contribution in [1.82, 2.24) is 4.98 Å². The number of nitrogens with one attached hydrogen (secondary N) is 1. The number of hydrogen-bond donors (Lipinski definition) is 1. The predicted octanol–water partition coefficient (Wildman–Crippen LogP) is 7.55. The molecule has 5 rings (SSSR count). The van der Waals surface area contributed by atoms with Crippen LogP contribution in [-0.4, -0.2) is 10.9 Å². The number of anilines is 1. The van der Waals surface area contributed by atoms with E-state index in [4.69, 9.17) is 4.42 Å². The SMILES string of the molecule is O=C(Nc1ccccc1Sc1ccccc1)c1ccccc1-c1ncc(-c2ccc(F)cc2)o1. The second kappa shape index (κ2) is 9.77. The Hall–Kier alpha value is -4.16. The molecule has 6 heteroatoms. The Morgan fingerprint density at radius 1 is 0.824 bits per heavy atom. The number of carbonyl (C=O) groups excluding carboxylic acids is 1. The number of oxazole rings is 1. The molecule has 0 spiro atoms. The molecule has 0 bridgehead atoms. The van der Waals surface area contributed by atoms with E-state index in [1.165, 1.54) is 12.1 Å². The Balaban J connectivity index is 1.42. The molecule has 0 fully saturated rings. The van der Waals surface area contributed by atoms with Crippen molar-refractivity contribution in [2.45, 2.75) is 9.79 Å². The van der Waals surface area contributed by atoms with Crippen molar-refractivity contribution in [1.29, 1.82) is 0 Å². The summed E-state index contributed by atoms with van der Waals surface area (Å²) < 4.78 is 19.2. The summed E-state index contributed by atoms with van der Waals surface area (Å²) >= 11 is 1.58. The van der Waals surface area contributed by atoms with Crippen LogP contribution in [0.4, 0.5) is 10.1 Å². The number of aromatic nitrogens is 1. The number of halogens is 1. The molecule has 0 aliphatic carbocycles. The van der Waals surface area contributed by atoms with E-state index in [9.17, 15) is 9.18 Å². The topological polar surface area (TPSA) is 55.1 Å². The Kier molecular flexibility index (Phi) is 6.23. The first kappa shape index (κ1) is 21.7. The van der Waals surface area contributed by atoms with Gasteiger partial charge in [0.05, 0.1) is 17.4 Å². The smallest absolute Gasteiger partial charge is 0.256 e. The summed E-state index contributed by atoms with van der Waals surface area (Å²) in [5.74, 6) is 0.223. The molecular weight excluding hydrogens is 447 g/mol. The van der Waals surface area contributed by atoms with Crippen LogP contribution in [-0.2, 0) is 0 Å². The molecule has 166 valence electrons. The highest BCUT2D eigenvalue weighted by molar-refractivity contribution is 7.99. The minimum atomic E-state index is -0.323. The molecule has 0 radical (unpaired) electrons. The lowest BCUT2D eigenvalue weighted by Crippen LogP contribution is -2.13. The van der Waals surface area contributed by atoms with Gasteiger partial charge in [0.25, 0.3) is 5.91 Å². The summed E-state index contributed by atoms with van der Waals surface area (Å²) in [6.45, 7) is 0. The largest absolute Gasteiger partial charge is 0.436 e. The molecule has 1 heterocycles. The van der Waals surface area contributed by atoms with Crippen LogP contribution in [0.3, 0.4) is 0 Å². The third-order valence-corrected chi connectivity index (χ3v) is 6.23. The Labute approximate surface area is 200 Å². The van der Waals surface area contributed by atoms with E-state index in [2.05, 4.69) is 10.3 Å². The van der Waals surface area contributed by atoms with Gasteiger partial charge in [0.2, 0.25) is 5.89 Å². The number of para-hydroxylation sites is 1. The van der Waals surface area contributed by atoms with Gasteiger partial charge < -0.3 is 9.73 Å². The summed E-state index contributed by atoms with van der Waals surface area (Å²) in [6, 6.07) is 30.8. The number of carbonyl (C=O) groups is 1. The highest BCUT2D eigenvalue weighted by Crippen LogP contribution is 2.34. The second-order valence-electron chi connectivity index (χ2n) is 7.45. The molecule has 34 heavy (non-hydrogen) atoms. The maximum atomic E-state index is 13.3. The molecule has 0 saturated heterocycles. The van der Waals surface area contributed by atoms with Crippen molar-refractivity contribution in [2.75, 3.05) is 5.32 Å². The lowest BCUT2D eigenvalue weighted by molar-refractivity contribution is 0.102. The van der Waals surface area contributed by atoms with Gasteiger partial charge in [0.1, 0.15) is 5.82 Å². The molecule has 0 aliphatic rings. The fourth-order valence-electron chi connectivity index (χ4n) is 3.48. The van der Waals surface area contributed by atoms with Gasteiger partial charge >= 0.3 is 0 Å². The zero-order chi connectivity index (χ0) is 23.3. The van der Waals surface area contributed by atoms with E-state index in [1.807, 2.05) is 60.7 Å². The monoisotopic (exact) mass is 466 g/mol. The average Bonchev–Trinajstić information content (AvgIpc) is 3.36. The quantitative estimate of drug-likeness (QED) is 0.281. The Morgan fingerprint density at radius 3 is 2.35 bits per heavy atom. The normalized spacial score (nSPS) is 10.7. The van der Waals surface area contributed by atoms with E-state index in [0.717, 1.165) is 15.5 Å². The molecular formula is C28H19FN2O2S. The third-order valence-electron chi connectivity index (χ3n) is 5.14. The van der Waals surface area contributed by atoms with Crippen LogP contribution < -0.4 is 5.32 Å². The summed E-state index contributed by atoms with van der Waals surface area (Å²) in [4.78, 5) is 19.7. The fourth-order valence-corrected chi connectivity index (χ4v) is 4.40. The molecule has 1 amide bonds. The number of rotatable bonds is 6. The second-order valence-corrected chi connectivity index (χ2v) is 8.56. The van der Waals surface area contributed by atoms with Gasteiger partial charge in [0, 0.05) is 20.9 Å². The van der Waals surface area contributed by atoms with Gasteiger partial charge in [-0.3, -0.25) is 4.79 Å². The molecule has 4 aromatic carbocycles. The molecule has 1 aromatic heterocycles. The van der Waals surface area contributed by atoms with Crippen LogP contribution in [0.15, 0.2) is 124 Å². The predicted molar refractivity (Wildman–Crippen MR) is 132 cm³/mol. The molecule has 0 saturated carbocycles. The molecule has 0 unspecified atom stereocenters. The van der Waals surface area contributed by atoms with E-state index in [-0.39, 0.29) is 11.7 Å². The van der Waals surface area contributed by atoms with Crippen LogP contribution in [0.25, 0.3) is 22.8 Å². The maximum absolute atomic E-state index is 13.3. The van der Waals surface area contributed by atoms with E-state index >= 15 is 0 Å². The summed E-state index contributed by atoms with van der Waals surface area (Å²) in [7, 11) is 0. The van der Waals surface area contributed by atoms with Crippen molar-refractivity contribution in [3.8, 4) is 22.8 Å². The molecule has 0 atom stereocenters. The fraction of sp³-hybridized carbons (Fsp3) is 0. The van der Waals surface area contributed by atoms with Gasteiger partial charge in [-0.05, 0) is 60.7 Å². The third kappa shape index (κ3) is 4.77. The lowest BCUT2D eigenvalue weighted by atomic mass is 10.1. The zero-order valence-electron chi connectivity index (χ0n) is 17.9. The van der Waals surface area contributed by atoms with Gasteiger partial charge in [-0.15, -0.1) is 0 Å². The molecule has 4 nitrogen and oxygen atoms in total. The van der Waals surface area contributed by atoms with Crippen molar-refractivity contribution >= 4 is 23.4 Å². The van der Waals surface area contributed by atoms with Gasteiger partial charge in [-0.2, -0.15) is 0 Å². The van der Waals surface area contributed by atoms with Crippen LogP contribution >= 0.6 is 11.8 Å². The summed E-state index contributed by atoms with van der Waals surface area (Å²) in [5, 5.41) is 3.03. The highest BCUT2D eigenvalue weighted by atomic mass is 32.2. The van der Waals surface area contributed by atoms with Gasteiger partial charge in [-0.1, -0.05) is 54.2 Å². The molecule has 5 aromatic rings. The van der Waals surface area contributed by atoms with Crippen LogP contribution in [0.5, 0.6) is 0 Å². The Bertz CT molecular complexity index is 1430. The Morgan fingerprint density at radius 2 is 1.53 bits per heavy atom. The van der Waals surface area contributed by atoms with Crippen molar-refractivity contribution in [3.05, 3.63) is 121 Å².